The first kappa shape index (κ1) is 15.4. The van der Waals surface area contributed by atoms with Crippen molar-refractivity contribution in [1.82, 2.24) is 9.55 Å². The molecule has 114 valence electrons. The molecule has 21 heavy (non-hydrogen) atoms. The molecule has 1 unspecified atom stereocenters. The summed E-state index contributed by atoms with van der Waals surface area (Å²) in [6.45, 7) is 0.941. The molecule has 1 aromatic heterocycles. The fraction of sp³-hybridized carbons (Fsp3) is 0.500. The van der Waals surface area contributed by atoms with Crippen molar-refractivity contribution >= 4 is 5.82 Å². The number of rotatable bonds is 2. The number of aliphatic hydroxyl groups excluding tert-OH is 2. The molecule has 1 fully saturated rings. The van der Waals surface area contributed by atoms with Gasteiger partial charge in [-0.15, -0.1) is 5.92 Å². The fourth-order valence-electron chi connectivity index (χ4n) is 2.22. The maximum Gasteiger partial charge on any atom is 0.351 e. The van der Waals surface area contributed by atoms with Gasteiger partial charge in [-0.3, -0.25) is 4.57 Å². The molecule has 1 saturated heterocycles. The van der Waals surface area contributed by atoms with Gasteiger partial charge in [-0.05, 0) is 6.92 Å². The maximum atomic E-state index is 13.5. The van der Waals surface area contributed by atoms with Crippen LogP contribution in [-0.2, 0) is 4.74 Å². The van der Waals surface area contributed by atoms with Gasteiger partial charge in [0.2, 0.25) is 0 Å². The number of ether oxygens (including phenoxy) is 1. The minimum atomic E-state index is -1.70. The van der Waals surface area contributed by atoms with Crippen molar-refractivity contribution in [1.29, 1.82) is 0 Å². The van der Waals surface area contributed by atoms with E-state index in [1.54, 1.807) is 0 Å². The number of nitrogens with zero attached hydrogens (tertiary/aromatic N) is 2. The van der Waals surface area contributed by atoms with E-state index in [9.17, 15) is 19.4 Å². The van der Waals surface area contributed by atoms with Crippen LogP contribution >= 0.6 is 0 Å². The van der Waals surface area contributed by atoms with Gasteiger partial charge in [0.1, 0.15) is 12.2 Å². The minimum absolute atomic E-state index is 0.540. The summed E-state index contributed by atoms with van der Waals surface area (Å²) in [6, 6.07) is 0. The average Bonchev–Trinajstić information content (AvgIpc) is 2.67. The van der Waals surface area contributed by atoms with Crippen LogP contribution in [0.1, 0.15) is 13.2 Å². The topological polar surface area (TPSA) is 137 Å². The number of halogens is 1. The molecule has 0 aromatic carbocycles. The Morgan fingerprint density at radius 1 is 1.67 bits per heavy atom. The van der Waals surface area contributed by atoms with Gasteiger partial charge < -0.3 is 26.4 Å². The van der Waals surface area contributed by atoms with E-state index in [4.69, 9.17) is 16.2 Å². The molecule has 1 aliphatic heterocycles. The molecule has 2 heterocycles. The first-order valence-electron chi connectivity index (χ1n) is 6.06. The van der Waals surface area contributed by atoms with Crippen molar-refractivity contribution < 1.29 is 19.3 Å². The van der Waals surface area contributed by atoms with Gasteiger partial charge in [0.15, 0.2) is 23.4 Å². The molecule has 9 heteroatoms. The third-order valence-corrected chi connectivity index (χ3v) is 3.26. The molecule has 1 aliphatic rings. The monoisotopic (exact) mass is 298 g/mol. The Balaban J connectivity index is 2.58. The van der Waals surface area contributed by atoms with Crippen molar-refractivity contribution in [3.63, 3.8) is 0 Å². The summed E-state index contributed by atoms with van der Waals surface area (Å²) in [6.07, 6.45) is -2.96. The highest BCUT2D eigenvalue weighted by Crippen LogP contribution is 2.35. The van der Waals surface area contributed by atoms with Crippen LogP contribution in [0.25, 0.3) is 0 Å². The Labute approximate surface area is 119 Å². The van der Waals surface area contributed by atoms with Crippen LogP contribution in [0, 0.1) is 17.7 Å². The van der Waals surface area contributed by atoms with E-state index in [1.165, 1.54) is 6.92 Å². The Morgan fingerprint density at radius 2 is 2.33 bits per heavy atom. The molecule has 0 saturated carbocycles. The second-order valence-corrected chi connectivity index (χ2v) is 4.63. The number of anilines is 1. The number of nitrogen functional groups attached to an aromatic ring is 1. The lowest BCUT2D eigenvalue weighted by Gasteiger charge is -2.27. The second-order valence-electron chi connectivity index (χ2n) is 4.63. The largest absolute Gasteiger partial charge is 0.394 e. The summed E-state index contributed by atoms with van der Waals surface area (Å²) in [5.74, 6) is 3.57. The van der Waals surface area contributed by atoms with E-state index in [0.717, 1.165) is 10.8 Å². The van der Waals surface area contributed by atoms with Gasteiger partial charge in [0, 0.05) is 0 Å². The van der Waals surface area contributed by atoms with Crippen LogP contribution in [0.15, 0.2) is 11.0 Å². The summed E-state index contributed by atoms with van der Waals surface area (Å²) < 4.78 is 19.6. The van der Waals surface area contributed by atoms with Crippen LogP contribution in [0.4, 0.5) is 10.2 Å². The van der Waals surface area contributed by atoms with E-state index in [2.05, 4.69) is 16.8 Å². The minimum Gasteiger partial charge on any atom is -0.394 e. The zero-order valence-electron chi connectivity index (χ0n) is 11.2. The van der Waals surface area contributed by atoms with Crippen LogP contribution in [-0.4, -0.2) is 44.1 Å². The summed E-state index contributed by atoms with van der Waals surface area (Å²) in [4.78, 5) is 15.2. The lowest BCUT2D eigenvalue weighted by atomic mass is 9.91. The van der Waals surface area contributed by atoms with E-state index in [0.29, 0.717) is 0 Å². The zero-order chi connectivity index (χ0) is 15.8. The van der Waals surface area contributed by atoms with E-state index < -0.39 is 47.9 Å². The standard InChI is InChI=1S/C12H15FN4O4/c1-2-3-12(15)8(19)7(5-18)21-10(12)17-4-6(13)9(14)16-11(17)20/h4,7-8,10,18-19H,5,15H2,1H3,(H2,14,16,20)/t7-,8?,10-,12-/m1/s1. The van der Waals surface area contributed by atoms with Crippen LogP contribution in [0.3, 0.4) is 0 Å². The van der Waals surface area contributed by atoms with Crippen molar-refractivity contribution in [3.8, 4) is 11.8 Å². The maximum absolute atomic E-state index is 13.5. The van der Waals surface area contributed by atoms with E-state index in [-0.39, 0.29) is 0 Å². The van der Waals surface area contributed by atoms with Gasteiger partial charge in [0.25, 0.3) is 0 Å². The predicted molar refractivity (Wildman–Crippen MR) is 70.2 cm³/mol. The van der Waals surface area contributed by atoms with Crippen molar-refractivity contribution in [2.24, 2.45) is 5.73 Å². The summed E-state index contributed by atoms with van der Waals surface area (Å²) in [5.41, 5.74) is 8.61. The predicted octanol–water partition coefficient (Wildman–Crippen LogP) is -2.06. The lowest BCUT2D eigenvalue weighted by molar-refractivity contribution is -0.0479. The summed E-state index contributed by atoms with van der Waals surface area (Å²) in [7, 11) is 0. The number of nitrogens with two attached hydrogens (primary N) is 2. The van der Waals surface area contributed by atoms with Gasteiger partial charge in [0.05, 0.1) is 12.8 Å². The molecule has 1 aromatic rings. The average molecular weight is 298 g/mol. The summed E-state index contributed by atoms with van der Waals surface area (Å²) in [5, 5.41) is 19.3. The number of hydrogen-bond acceptors (Lipinski definition) is 7. The van der Waals surface area contributed by atoms with Crippen molar-refractivity contribution in [3.05, 3.63) is 22.5 Å². The molecular weight excluding hydrogens is 283 g/mol. The molecule has 0 amide bonds. The van der Waals surface area contributed by atoms with Gasteiger partial charge in [-0.1, -0.05) is 5.92 Å². The lowest BCUT2D eigenvalue weighted by Crippen LogP contribution is -2.55. The summed E-state index contributed by atoms with van der Waals surface area (Å²) >= 11 is 0. The molecule has 2 rings (SSSR count). The van der Waals surface area contributed by atoms with Gasteiger partial charge >= 0.3 is 5.69 Å². The first-order chi connectivity index (χ1) is 9.85. The third kappa shape index (κ3) is 2.38. The molecule has 8 nitrogen and oxygen atoms in total. The van der Waals surface area contributed by atoms with Crippen LogP contribution in [0.5, 0.6) is 0 Å². The van der Waals surface area contributed by atoms with E-state index in [1.807, 2.05) is 0 Å². The molecule has 0 spiro atoms. The Hall–Kier alpha value is -1.99. The molecule has 0 bridgehead atoms. The highest BCUT2D eigenvalue weighted by molar-refractivity contribution is 5.29. The SMILES string of the molecule is CC#C[C@@]1(N)C(O)[C@@H](CO)O[C@H]1n1cc(F)c(N)nc1=O. The quantitative estimate of drug-likeness (QED) is 0.461. The normalized spacial score (nSPS) is 31.8. The smallest absolute Gasteiger partial charge is 0.351 e. The first-order valence-corrected chi connectivity index (χ1v) is 6.06. The number of aromatic nitrogens is 2. The van der Waals surface area contributed by atoms with Crippen LogP contribution in [0.2, 0.25) is 0 Å². The third-order valence-electron chi connectivity index (χ3n) is 3.26. The van der Waals surface area contributed by atoms with E-state index >= 15 is 0 Å². The number of aliphatic hydroxyl groups is 2. The van der Waals surface area contributed by atoms with Crippen LogP contribution < -0.4 is 17.2 Å². The molecule has 6 N–H and O–H groups in total. The van der Waals surface area contributed by atoms with Gasteiger partial charge in [-0.2, -0.15) is 4.98 Å². The Bertz CT molecular complexity index is 667. The second kappa shape index (κ2) is 5.42. The van der Waals surface area contributed by atoms with Crippen molar-refractivity contribution in [2.75, 3.05) is 12.3 Å². The van der Waals surface area contributed by atoms with Gasteiger partial charge in [-0.25, -0.2) is 9.18 Å². The number of hydrogen-bond donors (Lipinski definition) is 4. The molecule has 4 atom stereocenters. The molecular formula is C12H15FN4O4. The highest BCUT2D eigenvalue weighted by Gasteiger charge is 2.54. The molecule has 0 aliphatic carbocycles. The Morgan fingerprint density at radius 3 is 2.90 bits per heavy atom. The highest BCUT2D eigenvalue weighted by atomic mass is 19.1. The zero-order valence-corrected chi connectivity index (χ0v) is 11.2. The Kier molecular flexibility index (Phi) is 3.97. The molecule has 0 radical (unpaired) electrons. The fourth-order valence-corrected chi connectivity index (χ4v) is 2.22. The van der Waals surface area contributed by atoms with Crippen molar-refractivity contribution in [2.45, 2.75) is 30.9 Å².